The van der Waals surface area contributed by atoms with Gasteiger partial charge in [-0.2, -0.15) is 4.98 Å². The lowest BCUT2D eigenvalue weighted by molar-refractivity contribution is 0.0972. The Kier molecular flexibility index (Phi) is 3.33. The molecule has 132 valence electrons. The number of nitrogens with one attached hydrogen (secondary N) is 1. The molecule has 4 aromatic rings. The molecule has 1 aliphatic rings. The van der Waals surface area contributed by atoms with E-state index in [-0.39, 0.29) is 22.9 Å². The number of fused-ring (bicyclic) bond motifs is 3. The van der Waals surface area contributed by atoms with Gasteiger partial charge >= 0.3 is 0 Å². The first-order valence-corrected chi connectivity index (χ1v) is 8.87. The van der Waals surface area contributed by atoms with Crippen molar-refractivity contribution in [2.75, 3.05) is 5.73 Å². The van der Waals surface area contributed by atoms with Gasteiger partial charge in [-0.25, -0.2) is 4.98 Å². The summed E-state index contributed by atoms with van der Waals surface area (Å²) in [6, 6.07) is 13.8. The number of rotatable bonds is 1. The Bertz CT molecular complexity index is 1300. The van der Waals surface area contributed by atoms with Crippen molar-refractivity contribution in [3.8, 4) is 11.1 Å². The number of pyridine rings is 1. The molecule has 0 bridgehead atoms. The van der Waals surface area contributed by atoms with E-state index in [1.807, 2.05) is 42.5 Å². The lowest BCUT2D eigenvalue weighted by Crippen LogP contribution is -2.20. The van der Waals surface area contributed by atoms with E-state index in [9.17, 15) is 9.59 Å². The van der Waals surface area contributed by atoms with E-state index in [2.05, 4.69) is 15.0 Å². The molecule has 0 atom stereocenters. The molecule has 0 saturated heterocycles. The fourth-order valence-corrected chi connectivity index (χ4v) is 3.97. The maximum Gasteiger partial charge on any atom is 0.262 e. The van der Waals surface area contributed by atoms with E-state index in [1.54, 1.807) is 0 Å². The number of nitrogens with two attached hydrogens (primary N) is 1. The predicted molar refractivity (Wildman–Crippen MR) is 105 cm³/mol. The normalized spacial score (nSPS) is 13.9. The van der Waals surface area contributed by atoms with Crippen molar-refractivity contribution in [2.24, 2.45) is 0 Å². The first kappa shape index (κ1) is 15.7. The zero-order valence-electron chi connectivity index (χ0n) is 14.5. The topological polar surface area (TPSA) is 102 Å². The van der Waals surface area contributed by atoms with Crippen LogP contribution >= 0.6 is 0 Å². The molecule has 0 saturated carbocycles. The van der Waals surface area contributed by atoms with Crippen molar-refractivity contribution in [1.29, 1.82) is 0 Å². The fourth-order valence-electron chi connectivity index (χ4n) is 3.97. The minimum Gasteiger partial charge on any atom is -0.369 e. The number of aromatic nitrogens is 3. The van der Waals surface area contributed by atoms with Crippen LogP contribution in [0.2, 0.25) is 0 Å². The molecule has 0 unspecified atom stereocenters. The number of anilines is 1. The molecule has 0 radical (unpaired) electrons. The van der Waals surface area contributed by atoms with Crippen molar-refractivity contribution in [3.05, 3.63) is 64.1 Å². The molecule has 3 N–H and O–H groups in total. The quantitative estimate of drug-likeness (QED) is 0.545. The van der Waals surface area contributed by atoms with Gasteiger partial charge in [-0.3, -0.25) is 14.6 Å². The summed E-state index contributed by atoms with van der Waals surface area (Å²) in [5.41, 5.74) is 8.33. The number of benzene rings is 2. The summed E-state index contributed by atoms with van der Waals surface area (Å²) >= 11 is 0. The highest BCUT2D eigenvalue weighted by molar-refractivity contribution is 6.14. The van der Waals surface area contributed by atoms with Crippen molar-refractivity contribution in [1.82, 2.24) is 15.0 Å². The first-order valence-electron chi connectivity index (χ1n) is 8.87. The molecular weight excluding hydrogens is 340 g/mol. The lowest BCUT2D eigenvalue weighted by Gasteiger charge is -2.20. The van der Waals surface area contributed by atoms with Gasteiger partial charge in [0.2, 0.25) is 5.95 Å². The fraction of sp³-hybridized carbons (Fsp3) is 0.143. The highest BCUT2D eigenvalue weighted by Crippen LogP contribution is 2.38. The molecule has 2 aromatic heterocycles. The van der Waals surface area contributed by atoms with Crippen molar-refractivity contribution in [3.63, 3.8) is 0 Å². The Morgan fingerprint density at radius 3 is 2.63 bits per heavy atom. The number of nitrogens with zero attached hydrogens (tertiary/aromatic N) is 2. The summed E-state index contributed by atoms with van der Waals surface area (Å²) < 4.78 is 0. The van der Waals surface area contributed by atoms with Crippen LogP contribution in [0.4, 0.5) is 5.95 Å². The summed E-state index contributed by atoms with van der Waals surface area (Å²) in [5.74, 6) is 0.0377. The number of aromatic amines is 1. The smallest absolute Gasteiger partial charge is 0.262 e. The van der Waals surface area contributed by atoms with E-state index >= 15 is 0 Å². The second kappa shape index (κ2) is 5.74. The number of hydrogen-bond donors (Lipinski definition) is 2. The molecule has 2 aromatic carbocycles. The highest BCUT2D eigenvalue weighted by atomic mass is 16.1. The Morgan fingerprint density at radius 1 is 0.926 bits per heavy atom. The Morgan fingerprint density at radius 2 is 1.74 bits per heavy atom. The second-order valence-electron chi connectivity index (χ2n) is 6.76. The third kappa shape index (κ3) is 2.33. The van der Waals surface area contributed by atoms with Crippen LogP contribution in [0, 0.1) is 0 Å². The summed E-state index contributed by atoms with van der Waals surface area (Å²) in [7, 11) is 0. The molecule has 6 heteroatoms. The largest absolute Gasteiger partial charge is 0.369 e. The number of H-pyrrole nitrogens is 1. The summed E-state index contributed by atoms with van der Waals surface area (Å²) in [5, 5.41) is 2.33. The van der Waals surface area contributed by atoms with Gasteiger partial charge < -0.3 is 5.73 Å². The van der Waals surface area contributed by atoms with Crippen LogP contribution in [-0.2, 0) is 6.42 Å². The monoisotopic (exact) mass is 356 g/mol. The van der Waals surface area contributed by atoms with Crippen LogP contribution in [0.5, 0.6) is 0 Å². The zero-order valence-corrected chi connectivity index (χ0v) is 14.5. The van der Waals surface area contributed by atoms with Gasteiger partial charge in [-0.05, 0) is 29.2 Å². The van der Waals surface area contributed by atoms with Crippen LogP contribution < -0.4 is 11.3 Å². The maximum atomic E-state index is 12.8. The van der Waals surface area contributed by atoms with Gasteiger partial charge in [0.25, 0.3) is 5.56 Å². The number of nitrogen functional groups attached to an aromatic ring is 1. The van der Waals surface area contributed by atoms with E-state index in [0.717, 1.165) is 22.8 Å². The molecular formula is C21H16N4O2. The summed E-state index contributed by atoms with van der Waals surface area (Å²) in [4.78, 5) is 36.9. The third-order valence-electron chi connectivity index (χ3n) is 5.10. The molecule has 6 nitrogen and oxygen atoms in total. The van der Waals surface area contributed by atoms with Crippen LogP contribution in [0.1, 0.15) is 28.9 Å². The number of Topliss-reactive ketones (excluding diaryl/α,β-unsaturated/α-hetero) is 1. The average molecular weight is 356 g/mol. The van der Waals surface area contributed by atoms with Crippen molar-refractivity contribution in [2.45, 2.75) is 19.3 Å². The van der Waals surface area contributed by atoms with Gasteiger partial charge in [0.05, 0.1) is 11.1 Å². The number of carbonyl (C=O) groups excluding carboxylic acids is 1. The second-order valence-corrected chi connectivity index (χ2v) is 6.76. The Labute approximate surface area is 154 Å². The number of ketones is 1. The Hall–Kier alpha value is -3.54. The molecule has 0 aliphatic heterocycles. The van der Waals surface area contributed by atoms with Crippen molar-refractivity contribution >= 4 is 33.5 Å². The molecule has 27 heavy (non-hydrogen) atoms. The lowest BCUT2D eigenvalue weighted by atomic mass is 9.85. The summed E-state index contributed by atoms with van der Waals surface area (Å²) in [6.07, 6.45) is 1.89. The van der Waals surface area contributed by atoms with Crippen molar-refractivity contribution < 1.29 is 4.79 Å². The molecule has 0 fully saturated rings. The predicted octanol–water partition coefficient (Wildman–Crippen LogP) is 3.24. The number of hydrogen-bond acceptors (Lipinski definition) is 5. The van der Waals surface area contributed by atoms with Gasteiger partial charge in [-0.1, -0.05) is 42.5 Å². The van der Waals surface area contributed by atoms with Gasteiger partial charge in [0, 0.05) is 17.5 Å². The number of aryl methyl sites for hydroxylation is 1. The minimum absolute atomic E-state index is 0.0183. The van der Waals surface area contributed by atoms with Crippen LogP contribution in [0.25, 0.3) is 32.9 Å². The standard InChI is InChI=1S/C21H16N4O2/c22-21-24-19-18(20(27)25-21)16(17-14(23-19)9-4-10-15(17)26)13-8-3-6-11-5-1-2-7-12(11)13/h1-3,5-8H,4,9-10H2,(H3,22,23,24,25,27). The Balaban J connectivity index is 2.03. The van der Waals surface area contributed by atoms with Gasteiger partial charge in [0.15, 0.2) is 11.4 Å². The van der Waals surface area contributed by atoms with E-state index in [0.29, 0.717) is 35.0 Å². The van der Waals surface area contributed by atoms with Crippen LogP contribution in [-0.4, -0.2) is 20.7 Å². The van der Waals surface area contributed by atoms with Gasteiger partial charge in [-0.15, -0.1) is 0 Å². The highest BCUT2D eigenvalue weighted by Gasteiger charge is 2.27. The first-order chi connectivity index (χ1) is 13.1. The average Bonchev–Trinajstić information content (AvgIpc) is 2.66. The third-order valence-corrected chi connectivity index (χ3v) is 5.10. The molecule has 0 amide bonds. The van der Waals surface area contributed by atoms with Crippen LogP contribution in [0.15, 0.2) is 47.3 Å². The molecule has 0 spiro atoms. The molecule has 1 aliphatic carbocycles. The van der Waals surface area contributed by atoms with E-state index in [4.69, 9.17) is 5.73 Å². The number of carbonyl (C=O) groups is 1. The van der Waals surface area contributed by atoms with Gasteiger partial charge in [0.1, 0.15) is 0 Å². The van der Waals surface area contributed by atoms with E-state index < -0.39 is 0 Å². The summed E-state index contributed by atoms with van der Waals surface area (Å²) in [6.45, 7) is 0. The zero-order chi connectivity index (χ0) is 18.5. The molecule has 5 rings (SSSR count). The molecule has 2 heterocycles. The maximum absolute atomic E-state index is 12.8. The van der Waals surface area contributed by atoms with E-state index in [1.165, 1.54) is 0 Å². The SMILES string of the molecule is Nc1nc2nc3c(c(-c4cccc5ccccc45)c2c(=O)[nH]1)C(=O)CCC3. The minimum atomic E-state index is -0.380. The van der Waals surface area contributed by atoms with Crippen LogP contribution in [0.3, 0.4) is 0 Å².